The Morgan fingerprint density at radius 2 is 2.00 bits per heavy atom. The lowest BCUT2D eigenvalue weighted by Crippen LogP contribution is -2.36. The third-order valence-electron chi connectivity index (χ3n) is 7.04. The van der Waals surface area contributed by atoms with E-state index in [0.29, 0.717) is 35.0 Å². The normalized spacial score (nSPS) is 21.4. The third-order valence-corrected chi connectivity index (χ3v) is 7.04. The van der Waals surface area contributed by atoms with Gasteiger partial charge in [0, 0.05) is 55.1 Å². The van der Waals surface area contributed by atoms with Crippen LogP contribution in [0.1, 0.15) is 56.9 Å². The van der Waals surface area contributed by atoms with Crippen molar-refractivity contribution in [2.45, 2.75) is 45.4 Å². The smallest absolute Gasteiger partial charge is 0.407 e. The van der Waals surface area contributed by atoms with E-state index in [1.807, 2.05) is 35.2 Å². The molecule has 39 heavy (non-hydrogen) atoms. The van der Waals surface area contributed by atoms with Crippen LogP contribution < -0.4 is 5.32 Å². The summed E-state index contributed by atoms with van der Waals surface area (Å²) in [6.45, 7) is 8.80. The van der Waals surface area contributed by atoms with Crippen LogP contribution in [0.5, 0.6) is 0 Å². The standard InChI is InChI=1S/C29H33N5O5/c1-18(36)27-30-11-12-34(27)25(14-31-28(37)38-29(2,3)4)24-13-26(39-32-24)20-8-5-19(6-9-20)7-10-21-22-15-33(17-35)16-23(21)22/h5-6,8-9,11-13,17-18,21-23,25,36H,14-16H2,1-4H3,(H,31,37)/t18-,21-,22-,23+,25+/m0/s1. The van der Waals surface area contributed by atoms with E-state index in [1.165, 1.54) is 0 Å². The molecule has 1 saturated carbocycles. The van der Waals surface area contributed by atoms with Gasteiger partial charge in [0.2, 0.25) is 6.41 Å². The van der Waals surface area contributed by atoms with E-state index >= 15 is 0 Å². The van der Waals surface area contributed by atoms with E-state index < -0.39 is 23.8 Å². The summed E-state index contributed by atoms with van der Waals surface area (Å²) in [6.07, 6.45) is 2.88. The number of nitrogens with one attached hydrogen (secondary N) is 1. The topological polar surface area (TPSA) is 123 Å². The fourth-order valence-electron chi connectivity index (χ4n) is 5.08. The molecule has 10 nitrogen and oxygen atoms in total. The summed E-state index contributed by atoms with van der Waals surface area (Å²) in [5, 5.41) is 17.3. The SMILES string of the molecule is C[C@H](O)c1nccn1[C@H](CNC(=O)OC(C)(C)C)c1cc(-c2ccc(C#C[C@@H]3[C@H]4CN(C=O)C[C@@H]34)cc2)on1. The van der Waals surface area contributed by atoms with Gasteiger partial charge in [0.1, 0.15) is 23.2 Å². The molecule has 0 spiro atoms. The Morgan fingerprint density at radius 3 is 2.64 bits per heavy atom. The number of aliphatic hydroxyl groups excluding tert-OH is 1. The number of rotatable bonds is 7. The van der Waals surface area contributed by atoms with Crippen LogP contribution in [0.15, 0.2) is 47.2 Å². The van der Waals surface area contributed by atoms with Gasteiger partial charge in [-0.1, -0.05) is 17.0 Å². The number of ether oxygens (including phenoxy) is 1. The first-order valence-electron chi connectivity index (χ1n) is 13.1. The lowest BCUT2D eigenvalue weighted by Gasteiger charge is -2.23. The average Bonchev–Trinajstić information content (AvgIpc) is 3.40. The minimum absolute atomic E-state index is 0.152. The summed E-state index contributed by atoms with van der Waals surface area (Å²) < 4.78 is 12.8. The molecular formula is C29H33N5O5. The molecule has 0 unspecified atom stereocenters. The van der Waals surface area contributed by atoms with Crippen molar-refractivity contribution in [1.29, 1.82) is 0 Å². The Kier molecular flexibility index (Phi) is 7.19. The molecule has 2 aromatic heterocycles. The lowest BCUT2D eigenvalue weighted by atomic mass is 10.1. The van der Waals surface area contributed by atoms with Crippen molar-refractivity contribution in [2.24, 2.45) is 17.8 Å². The first kappa shape index (κ1) is 26.5. The molecule has 2 aliphatic rings. The highest BCUT2D eigenvalue weighted by Crippen LogP contribution is 2.50. The van der Waals surface area contributed by atoms with E-state index in [-0.39, 0.29) is 6.54 Å². The fraction of sp³-hybridized carbons (Fsp3) is 0.448. The monoisotopic (exact) mass is 531 g/mol. The highest BCUT2D eigenvalue weighted by molar-refractivity contribution is 5.67. The summed E-state index contributed by atoms with van der Waals surface area (Å²) in [6, 6.07) is 9.09. The molecule has 5 rings (SSSR count). The van der Waals surface area contributed by atoms with Crippen molar-refractivity contribution in [3.63, 3.8) is 0 Å². The second-order valence-corrected chi connectivity index (χ2v) is 11.1. The van der Waals surface area contributed by atoms with Crippen LogP contribution in [0, 0.1) is 29.6 Å². The number of amides is 2. The fourth-order valence-corrected chi connectivity index (χ4v) is 5.08. The molecule has 2 amide bonds. The quantitative estimate of drug-likeness (QED) is 0.354. The van der Waals surface area contributed by atoms with Crippen molar-refractivity contribution in [1.82, 2.24) is 24.9 Å². The van der Waals surface area contributed by atoms with Crippen LogP contribution in [0.3, 0.4) is 0 Å². The molecule has 204 valence electrons. The zero-order valence-corrected chi connectivity index (χ0v) is 22.5. The highest BCUT2D eigenvalue weighted by Gasteiger charge is 2.54. The zero-order chi connectivity index (χ0) is 27.7. The number of hydrogen-bond acceptors (Lipinski definition) is 7. The summed E-state index contributed by atoms with van der Waals surface area (Å²) >= 11 is 0. The number of nitrogens with zero attached hydrogens (tertiary/aromatic N) is 4. The van der Waals surface area contributed by atoms with Crippen molar-refractivity contribution >= 4 is 12.5 Å². The Balaban J connectivity index is 1.30. The number of fused-ring (bicyclic) bond motifs is 1. The van der Waals surface area contributed by atoms with Gasteiger partial charge < -0.3 is 29.2 Å². The van der Waals surface area contributed by atoms with E-state index in [9.17, 15) is 14.7 Å². The van der Waals surface area contributed by atoms with Crippen molar-refractivity contribution in [3.05, 3.63) is 59.8 Å². The molecule has 5 atom stereocenters. The number of piperidine rings is 1. The molecule has 0 bridgehead atoms. The third kappa shape index (κ3) is 5.99. The van der Waals surface area contributed by atoms with E-state index in [4.69, 9.17) is 9.26 Å². The summed E-state index contributed by atoms with van der Waals surface area (Å²) in [4.78, 5) is 29.3. The summed E-state index contributed by atoms with van der Waals surface area (Å²) in [7, 11) is 0. The molecule has 2 fully saturated rings. The van der Waals surface area contributed by atoms with E-state index in [0.717, 1.165) is 30.6 Å². The minimum Gasteiger partial charge on any atom is -0.444 e. The van der Waals surface area contributed by atoms with Gasteiger partial charge in [-0.15, -0.1) is 0 Å². The van der Waals surface area contributed by atoms with E-state index in [1.54, 1.807) is 44.7 Å². The number of alkyl carbamates (subject to hydrolysis) is 1. The zero-order valence-electron chi connectivity index (χ0n) is 22.5. The average molecular weight is 532 g/mol. The Labute approximate surface area is 227 Å². The molecule has 2 N–H and O–H groups in total. The van der Waals surface area contributed by atoms with Crippen LogP contribution in [0.25, 0.3) is 11.3 Å². The molecular weight excluding hydrogens is 498 g/mol. The van der Waals surface area contributed by atoms with Gasteiger partial charge in [0.05, 0.1) is 6.04 Å². The van der Waals surface area contributed by atoms with Gasteiger partial charge in [0.25, 0.3) is 0 Å². The number of aliphatic hydroxyl groups is 1. The molecule has 3 aromatic rings. The second kappa shape index (κ2) is 10.6. The number of likely N-dealkylation sites (tertiary alicyclic amines) is 1. The van der Waals surface area contributed by atoms with Crippen molar-refractivity contribution < 1.29 is 24.0 Å². The van der Waals surface area contributed by atoms with Gasteiger partial charge in [-0.2, -0.15) is 0 Å². The number of carbonyl (C=O) groups excluding carboxylic acids is 2. The molecule has 0 radical (unpaired) electrons. The van der Waals surface area contributed by atoms with Crippen LogP contribution in [0.4, 0.5) is 4.79 Å². The lowest BCUT2D eigenvalue weighted by molar-refractivity contribution is -0.117. The van der Waals surface area contributed by atoms with Crippen LogP contribution in [-0.2, 0) is 9.53 Å². The van der Waals surface area contributed by atoms with Crippen molar-refractivity contribution in [3.8, 4) is 23.2 Å². The number of imidazole rings is 1. The molecule has 1 aliphatic heterocycles. The van der Waals surface area contributed by atoms with Gasteiger partial charge in [-0.05, 0) is 63.8 Å². The highest BCUT2D eigenvalue weighted by atomic mass is 16.6. The first-order chi connectivity index (χ1) is 18.6. The van der Waals surface area contributed by atoms with Crippen LogP contribution in [0.2, 0.25) is 0 Å². The molecule has 1 saturated heterocycles. The predicted octanol–water partition coefficient (Wildman–Crippen LogP) is 3.39. The number of benzene rings is 1. The molecule has 3 heterocycles. The van der Waals surface area contributed by atoms with E-state index in [2.05, 4.69) is 27.3 Å². The second-order valence-electron chi connectivity index (χ2n) is 11.1. The molecule has 1 aliphatic carbocycles. The van der Waals surface area contributed by atoms with Gasteiger partial charge in [0.15, 0.2) is 5.76 Å². The van der Waals surface area contributed by atoms with Crippen molar-refractivity contribution in [2.75, 3.05) is 19.6 Å². The van der Waals surface area contributed by atoms with Gasteiger partial charge >= 0.3 is 6.09 Å². The summed E-state index contributed by atoms with van der Waals surface area (Å²) in [5.41, 5.74) is 1.68. The molecule has 1 aromatic carbocycles. The number of aromatic nitrogens is 3. The maximum atomic E-state index is 12.3. The number of hydrogen-bond donors (Lipinski definition) is 2. The van der Waals surface area contributed by atoms with Gasteiger partial charge in [-0.3, -0.25) is 4.79 Å². The predicted molar refractivity (Wildman–Crippen MR) is 142 cm³/mol. The number of carbonyl (C=O) groups is 2. The Bertz CT molecular complexity index is 1380. The minimum atomic E-state index is -0.816. The Morgan fingerprint density at radius 1 is 1.28 bits per heavy atom. The Hall–Kier alpha value is -4.10. The summed E-state index contributed by atoms with van der Waals surface area (Å²) in [5.74, 6) is 9.03. The maximum Gasteiger partial charge on any atom is 0.407 e. The van der Waals surface area contributed by atoms with Crippen LogP contribution in [-0.4, -0.2) is 62.5 Å². The maximum absolute atomic E-state index is 12.3. The van der Waals surface area contributed by atoms with Crippen LogP contribution >= 0.6 is 0 Å². The molecule has 10 heteroatoms. The first-order valence-corrected chi connectivity index (χ1v) is 13.1. The largest absolute Gasteiger partial charge is 0.444 e. The van der Waals surface area contributed by atoms with Gasteiger partial charge in [-0.25, -0.2) is 9.78 Å².